The van der Waals surface area contributed by atoms with E-state index in [0.29, 0.717) is 11.4 Å². The maximum absolute atomic E-state index is 12.6. The van der Waals surface area contributed by atoms with Crippen LogP contribution in [0.1, 0.15) is 28.9 Å². The largest absolute Gasteiger partial charge is 0.394 e. The summed E-state index contributed by atoms with van der Waals surface area (Å²) in [5.74, 6) is -0.0265. The molecule has 0 spiro atoms. The number of rotatable bonds is 3. The highest BCUT2D eigenvalue weighted by Crippen LogP contribution is 2.27. The lowest BCUT2D eigenvalue weighted by Crippen LogP contribution is -2.45. The number of likely N-dealkylation sites (tertiary alicyclic amines) is 1. The third kappa shape index (κ3) is 2.84. The van der Waals surface area contributed by atoms with Gasteiger partial charge in [-0.15, -0.1) is 11.3 Å². The van der Waals surface area contributed by atoms with Crippen molar-refractivity contribution >= 4 is 17.2 Å². The van der Waals surface area contributed by atoms with Crippen molar-refractivity contribution in [2.45, 2.75) is 25.3 Å². The van der Waals surface area contributed by atoms with Crippen LogP contribution >= 0.6 is 11.3 Å². The number of hydrogen-bond donors (Lipinski definition) is 1. The van der Waals surface area contributed by atoms with Gasteiger partial charge < -0.3 is 10.0 Å². The Morgan fingerprint density at radius 3 is 3.05 bits per heavy atom. The van der Waals surface area contributed by atoms with Gasteiger partial charge in [0.05, 0.1) is 25.0 Å². The van der Waals surface area contributed by atoms with Gasteiger partial charge in [-0.2, -0.15) is 5.10 Å². The van der Waals surface area contributed by atoms with Gasteiger partial charge in [-0.25, -0.2) is 4.98 Å². The summed E-state index contributed by atoms with van der Waals surface area (Å²) < 4.78 is 1.71. The van der Waals surface area contributed by atoms with Gasteiger partial charge in [-0.1, -0.05) is 0 Å². The summed E-state index contributed by atoms with van der Waals surface area (Å²) in [6, 6.07) is -0.0600. The first-order valence-corrected chi connectivity index (χ1v) is 7.87. The summed E-state index contributed by atoms with van der Waals surface area (Å²) in [7, 11) is 1.85. The van der Waals surface area contributed by atoms with Gasteiger partial charge in [0.25, 0.3) is 5.91 Å². The van der Waals surface area contributed by atoms with Gasteiger partial charge in [0.2, 0.25) is 0 Å². The molecule has 1 atom stereocenters. The van der Waals surface area contributed by atoms with Crippen molar-refractivity contribution in [1.82, 2.24) is 19.7 Å². The van der Waals surface area contributed by atoms with E-state index in [-0.39, 0.29) is 18.6 Å². The number of hydrogen-bond acceptors (Lipinski definition) is 5. The molecule has 0 saturated carbocycles. The fraction of sp³-hybridized carbons (Fsp3) is 0.500. The normalized spacial score (nSPS) is 19.0. The van der Waals surface area contributed by atoms with Crippen molar-refractivity contribution in [2.75, 3.05) is 13.2 Å². The molecular formula is C14H18N4O2S. The van der Waals surface area contributed by atoms with Crippen LogP contribution in [0.4, 0.5) is 0 Å². The number of aliphatic hydroxyl groups is 1. The Bertz CT molecular complexity index is 636. The Hall–Kier alpha value is -1.73. The van der Waals surface area contributed by atoms with Gasteiger partial charge >= 0.3 is 0 Å². The second kappa shape index (κ2) is 5.95. The SMILES string of the molecule is Cn1cc(-c2ncc(C(=O)N3CCCCC3CO)s2)cn1. The topological polar surface area (TPSA) is 71.2 Å². The first-order valence-electron chi connectivity index (χ1n) is 7.05. The van der Waals surface area contributed by atoms with E-state index in [1.165, 1.54) is 11.3 Å². The summed E-state index contributed by atoms with van der Waals surface area (Å²) in [4.78, 5) is 19.3. The minimum atomic E-state index is -0.0600. The number of aryl methyl sites for hydroxylation is 1. The van der Waals surface area contributed by atoms with Crippen LogP contribution in [0.5, 0.6) is 0 Å². The number of piperidine rings is 1. The zero-order valence-electron chi connectivity index (χ0n) is 11.9. The monoisotopic (exact) mass is 306 g/mol. The quantitative estimate of drug-likeness (QED) is 0.933. The van der Waals surface area contributed by atoms with Crippen molar-refractivity contribution in [3.05, 3.63) is 23.5 Å². The molecule has 0 radical (unpaired) electrons. The molecule has 0 aliphatic carbocycles. The molecule has 112 valence electrons. The van der Waals surface area contributed by atoms with Gasteiger partial charge in [0, 0.05) is 25.4 Å². The molecule has 21 heavy (non-hydrogen) atoms. The fourth-order valence-electron chi connectivity index (χ4n) is 2.64. The summed E-state index contributed by atoms with van der Waals surface area (Å²) in [6.07, 6.45) is 8.18. The molecule has 1 amide bonds. The van der Waals surface area contributed by atoms with Crippen molar-refractivity contribution in [3.63, 3.8) is 0 Å². The number of amides is 1. The van der Waals surface area contributed by atoms with Crippen LogP contribution < -0.4 is 0 Å². The average molecular weight is 306 g/mol. The molecule has 7 heteroatoms. The van der Waals surface area contributed by atoms with E-state index in [1.807, 2.05) is 13.2 Å². The number of carbonyl (C=O) groups is 1. The van der Waals surface area contributed by atoms with Crippen molar-refractivity contribution in [1.29, 1.82) is 0 Å². The maximum atomic E-state index is 12.6. The Kier molecular flexibility index (Phi) is 4.03. The molecule has 2 aromatic rings. The van der Waals surface area contributed by atoms with Gasteiger partial charge in [0.1, 0.15) is 9.88 Å². The number of thiazole rings is 1. The van der Waals surface area contributed by atoms with E-state index in [4.69, 9.17) is 0 Å². The third-order valence-electron chi connectivity index (χ3n) is 3.77. The molecule has 3 rings (SSSR count). The molecule has 3 heterocycles. The molecule has 1 N–H and O–H groups in total. The lowest BCUT2D eigenvalue weighted by Gasteiger charge is -2.34. The molecule has 0 bridgehead atoms. The third-order valence-corrected chi connectivity index (χ3v) is 4.80. The van der Waals surface area contributed by atoms with Gasteiger partial charge in [0.15, 0.2) is 0 Å². The standard InChI is InChI=1S/C14H18N4O2S/c1-17-8-10(6-16-17)13-15-7-12(21-13)14(20)18-5-3-2-4-11(18)9-19/h6-8,11,19H,2-5,9H2,1H3. The molecule has 2 aromatic heterocycles. The highest BCUT2D eigenvalue weighted by atomic mass is 32.1. The molecule has 1 unspecified atom stereocenters. The molecule has 1 saturated heterocycles. The minimum absolute atomic E-state index is 0.0265. The van der Waals surface area contributed by atoms with Crippen molar-refractivity contribution < 1.29 is 9.90 Å². The van der Waals surface area contributed by atoms with Gasteiger partial charge in [-0.3, -0.25) is 9.48 Å². The van der Waals surface area contributed by atoms with Crippen LogP contribution in [0.2, 0.25) is 0 Å². The Labute approximate surface area is 127 Å². The molecule has 0 aromatic carbocycles. The highest BCUT2D eigenvalue weighted by molar-refractivity contribution is 7.16. The molecular weight excluding hydrogens is 288 g/mol. The fourth-order valence-corrected chi connectivity index (χ4v) is 3.48. The Morgan fingerprint density at radius 2 is 2.33 bits per heavy atom. The second-order valence-corrected chi connectivity index (χ2v) is 6.29. The van der Waals surface area contributed by atoms with Crippen LogP contribution in [-0.2, 0) is 7.05 Å². The molecule has 6 nitrogen and oxygen atoms in total. The second-order valence-electron chi connectivity index (χ2n) is 5.26. The molecule has 1 aliphatic heterocycles. The summed E-state index contributed by atoms with van der Waals surface area (Å²) in [6.45, 7) is 0.740. The van der Waals surface area contributed by atoms with Crippen LogP contribution in [0.15, 0.2) is 18.6 Å². The summed E-state index contributed by atoms with van der Waals surface area (Å²) in [5.41, 5.74) is 0.916. The van der Waals surface area contributed by atoms with E-state index in [2.05, 4.69) is 10.1 Å². The van der Waals surface area contributed by atoms with Crippen molar-refractivity contribution in [3.8, 4) is 10.6 Å². The lowest BCUT2D eigenvalue weighted by molar-refractivity contribution is 0.0507. The van der Waals surface area contributed by atoms with E-state index < -0.39 is 0 Å². The van der Waals surface area contributed by atoms with E-state index in [0.717, 1.165) is 29.8 Å². The zero-order chi connectivity index (χ0) is 14.8. The maximum Gasteiger partial charge on any atom is 0.265 e. The minimum Gasteiger partial charge on any atom is -0.394 e. The van der Waals surface area contributed by atoms with Crippen molar-refractivity contribution in [2.24, 2.45) is 7.05 Å². The number of aliphatic hydroxyl groups excluding tert-OH is 1. The molecule has 1 fully saturated rings. The number of aromatic nitrogens is 3. The molecule has 1 aliphatic rings. The summed E-state index contributed by atoms with van der Waals surface area (Å²) >= 11 is 1.38. The van der Waals surface area contributed by atoms with Crippen LogP contribution in [0, 0.1) is 0 Å². The predicted molar refractivity (Wildman–Crippen MR) is 80.1 cm³/mol. The first kappa shape index (κ1) is 14.2. The highest BCUT2D eigenvalue weighted by Gasteiger charge is 2.28. The van der Waals surface area contributed by atoms with E-state index in [9.17, 15) is 9.90 Å². The first-order chi connectivity index (χ1) is 10.2. The van der Waals surface area contributed by atoms with Gasteiger partial charge in [-0.05, 0) is 19.3 Å². The predicted octanol–water partition coefficient (Wildman–Crippen LogP) is 1.53. The Balaban J connectivity index is 1.80. The zero-order valence-corrected chi connectivity index (χ0v) is 12.7. The number of carbonyl (C=O) groups excluding carboxylic acids is 1. The van der Waals surface area contributed by atoms with Crippen LogP contribution in [-0.4, -0.2) is 49.9 Å². The van der Waals surface area contributed by atoms with Crippen LogP contribution in [0.25, 0.3) is 10.6 Å². The lowest BCUT2D eigenvalue weighted by atomic mass is 10.0. The number of nitrogens with zero attached hydrogens (tertiary/aromatic N) is 4. The smallest absolute Gasteiger partial charge is 0.265 e. The van der Waals surface area contributed by atoms with Crippen LogP contribution in [0.3, 0.4) is 0 Å². The summed E-state index contributed by atoms with van der Waals surface area (Å²) in [5, 5.41) is 14.3. The average Bonchev–Trinajstić information content (AvgIpc) is 3.15. The van der Waals surface area contributed by atoms with E-state index in [1.54, 1.807) is 22.0 Å². The Morgan fingerprint density at radius 1 is 1.48 bits per heavy atom. The van der Waals surface area contributed by atoms with E-state index >= 15 is 0 Å².